The average molecular weight is 779 g/mol. The highest BCUT2D eigenvalue weighted by molar-refractivity contribution is 7.91. The second kappa shape index (κ2) is 14.7. The summed E-state index contributed by atoms with van der Waals surface area (Å²) < 4.78 is 49.0. The van der Waals surface area contributed by atoms with E-state index in [1.165, 1.54) is 63.8 Å². The van der Waals surface area contributed by atoms with E-state index in [2.05, 4.69) is 37.0 Å². The summed E-state index contributed by atoms with van der Waals surface area (Å²) in [6.07, 6.45) is 20.0. The third-order valence-electron chi connectivity index (χ3n) is 13.2. The lowest BCUT2D eigenvalue weighted by Crippen LogP contribution is -2.50. The fourth-order valence-electron chi connectivity index (χ4n) is 9.52. The third-order valence-corrected chi connectivity index (χ3v) is 17.1. The van der Waals surface area contributed by atoms with Crippen LogP contribution in [0, 0.1) is 0 Å². The summed E-state index contributed by atoms with van der Waals surface area (Å²) >= 11 is 0. The van der Waals surface area contributed by atoms with Crippen molar-refractivity contribution in [2.24, 2.45) is 10.1 Å². The summed E-state index contributed by atoms with van der Waals surface area (Å²) in [4.78, 5) is 31.4. The van der Waals surface area contributed by atoms with Gasteiger partial charge in [-0.15, -0.1) is 0 Å². The summed E-state index contributed by atoms with van der Waals surface area (Å²) in [6.45, 7) is 5.21. The van der Waals surface area contributed by atoms with Gasteiger partial charge in [0.15, 0.2) is 0 Å². The van der Waals surface area contributed by atoms with Crippen LogP contribution in [-0.4, -0.2) is 87.5 Å². The highest BCUT2D eigenvalue weighted by Crippen LogP contribution is 2.45. The number of isocyanates is 1. The monoisotopic (exact) mass is 778 g/mol. The number of aryl methyl sites for hydroxylation is 4. The zero-order valence-corrected chi connectivity index (χ0v) is 32.9. The van der Waals surface area contributed by atoms with Crippen molar-refractivity contribution < 1.29 is 26.4 Å². The molecule has 6 aliphatic carbocycles. The first kappa shape index (κ1) is 37.8. The van der Waals surface area contributed by atoms with Gasteiger partial charge in [0.1, 0.15) is 4.75 Å². The van der Waals surface area contributed by atoms with E-state index in [0.717, 1.165) is 121 Å². The number of carbonyl (C=O) groups excluding carboxylic acids is 2. The van der Waals surface area contributed by atoms with Gasteiger partial charge in [0.25, 0.3) is 0 Å². The Labute approximate surface area is 319 Å². The zero-order valence-electron chi connectivity index (χ0n) is 31.3. The van der Waals surface area contributed by atoms with Crippen LogP contribution >= 0.6 is 0 Å². The molecule has 2 heterocycles. The van der Waals surface area contributed by atoms with Gasteiger partial charge >= 0.3 is 6.03 Å². The van der Waals surface area contributed by atoms with E-state index < -0.39 is 35.6 Å². The van der Waals surface area contributed by atoms with Crippen LogP contribution in [0.25, 0.3) is 0 Å². The molecule has 0 radical (unpaired) electrons. The number of aliphatic imine (C=N–C) groups is 1. The standard InChI is InChI=1S/C20H27N3O3S.C13H13NO.C7H14N2O2S/c24-19(22-27(25,26)20(8-9-20)13-23-10-3-11-23)21-18-16-6-1-4-14(16)12-15-5-2-7-17(15)18;15-8-14-13-11-5-1-3-9(11)7-10-4-2-6-12(10)13;8-12(10,11)7(2-3-7)6-9-4-1-5-9/h12H,1-11,13H2,(H2,21,22,24);7H,1-6H2;1-6H2,(H2,8,10,11). The average Bonchev–Trinajstić information content (AvgIpc) is 3.69. The number of hydrogen-bond donors (Lipinski definition) is 3. The van der Waals surface area contributed by atoms with Gasteiger partial charge in [-0.05, 0) is 186 Å². The molecular formula is C40H54N6O6S2. The molecule has 14 heteroatoms. The Morgan fingerprint density at radius 3 is 1.48 bits per heavy atom. The predicted molar refractivity (Wildman–Crippen MR) is 209 cm³/mol. The molecule has 0 bridgehead atoms. The van der Waals surface area contributed by atoms with Gasteiger partial charge in [0.05, 0.1) is 10.4 Å². The maximum absolute atomic E-state index is 12.9. The second-order valence-electron chi connectivity index (χ2n) is 16.9. The largest absolute Gasteiger partial charge is 0.332 e. The van der Waals surface area contributed by atoms with Crippen LogP contribution in [0.4, 0.5) is 16.2 Å². The molecule has 8 aliphatic rings. The highest BCUT2D eigenvalue weighted by atomic mass is 32.2. The number of anilines is 1. The number of nitrogens with zero attached hydrogens (tertiary/aromatic N) is 3. The van der Waals surface area contributed by atoms with Crippen LogP contribution in [0.2, 0.25) is 0 Å². The maximum atomic E-state index is 12.9. The van der Waals surface area contributed by atoms with Gasteiger partial charge in [-0.1, -0.05) is 12.1 Å². The van der Waals surface area contributed by atoms with E-state index in [-0.39, 0.29) is 0 Å². The molecule has 2 saturated heterocycles. The number of hydrogen-bond acceptors (Lipinski definition) is 9. The summed E-state index contributed by atoms with van der Waals surface area (Å²) in [5.41, 5.74) is 12.4. The molecular weight excluding hydrogens is 725 g/mol. The molecule has 12 nitrogen and oxygen atoms in total. The quantitative estimate of drug-likeness (QED) is 0.247. The molecule has 10 rings (SSSR count). The molecule has 4 N–H and O–H groups in total. The summed E-state index contributed by atoms with van der Waals surface area (Å²) in [6, 6.07) is 4.05. The minimum atomic E-state index is -3.67. The Bertz CT molecular complexity index is 2030. The Balaban J connectivity index is 0.000000128. The Morgan fingerprint density at radius 1 is 0.667 bits per heavy atom. The van der Waals surface area contributed by atoms with Crippen LogP contribution in [-0.2, 0) is 76.2 Å². The van der Waals surface area contributed by atoms with E-state index in [0.29, 0.717) is 25.9 Å². The number of carbonyl (C=O) groups is 1. The van der Waals surface area contributed by atoms with E-state index in [1.54, 1.807) is 6.08 Å². The van der Waals surface area contributed by atoms with Gasteiger partial charge in [0.2, 0.25) is 26.1 Å². The smallest absolute Gasteiger partial charge is 0.307 e. The first-order chi connectivity index (χ1) is 25.9. The minimum absolute atomic E-state index is 0.547. The fraction of sp³-hybridized carbons (Fsp3) is 0.650. The molecule has 4 fully saturated rings. The van der Waals surface area contributed by atoms with Gasteiger partial charge in [-0.2, -0.15) is 4.99 Å². The van der Waals surface area contributed by atoms with Crippen molar-refractivity contribution in [2.45, 2.75) is 125 Å². The van der Waals surface area contributed by atoms with E-state index in [9.17, 15) is 26.4 Å². The molecule has 2 aromatic rings. The number of benzene rings is 2. The number of primary sulfonamides is 1. The predicted octanol–water partition coefficient (Wildman–Crippen LogP) is 4.50. The number of amides is 2. The topological polar surface area (TPSA) is 171 Å². The van der Waals surface area contributed by atoms with Crippen LogP contribution in [0.15, 0.2) is 17.1 Å². The molecule has 0 unspecified atom stereocenters. The molecule has 292 valence electrons. The van der Waals surface area contributed by atoms with Crippen molar-refractivity contribution in [1.82, 2.24) is 14.5 Å². The third kappa shape index (κ3) is 7.42. The Morgan fingerprint density at radius 2 is 1.09 bits per heavy atom. The van der Waals surface area contributed by atoms with Gasteiger partial charge < -0.3 is 15.1 Å². The van der Waals surface area contributed by atoms with Gasteiger partial charge in [0, 0.05) is 18.8 Å². The number of fused-ring (bicyclic) bond motifs is 4. The van der Waals surface area contributed by atoms with Crippen LogP contribution < -0.4 is 15.2 Å². The lowest BCUT2D eigenvalue weighted by Gasteiger charge is -2.34. The summed E-state index contributed by atoms with van der Waals surface area (Å²) in [7, 11) is -6.98. The van der Waals surface area contributed by atoms with Crippen molar-refractivity contribution in [1.29, 1.82) is 0 Å². The molecule has 0 aromatic heterocycles. The number of rotatable bonds is 9. The first-order valence-corrected chi connectivity index (χ1v) is 23.2. The Hall–Kier alpha value is -3.13. The van der Waals surface area contributed by atoms with Crippen molar-refractivity contribution in [3.63, 3.8) is 0 Å². The normalized spacial score (nSPS) is 22.3. The van der Waals surface area contributed by atoms with Crippen LogP contribution in [0.5, 0.6) is 0 Å². The number of urea groups is 1. The van der Waals surface area contributed by atoms with Gasteiger partial charge in [-0.25, -0.2) is 36.3 Å². The molecule has 2 amide bonds. The Kier molecular flexibility index (Phi) is 10.3. The number of nitrogens with two attached hydrogens (primary N) is 1. The maximum Gasteiger partial charge on any atom is 0.332 e. The molecule has 2 saturated carbocycles. The van der Waals surface area contributed by atoms with E-state index >= 15 is 0 Å². The molecule has 54 heavy (non-hydrogen) atoms. The highest BCUT2D eigenvalue weighted by Gasteiger charge is 2.56. The van der Waals surface area contributed by atoms with Gasteiger partial charge in [-0.3, -0.25) is 0 Å². The number of likely N-dealkylation sites (tertiary alicyclic amines) is 2. The molecule has 0 atom stereocenters. The van der Waals surface area contributed by atoms with Crippen molar-refractivity contribution >= 4 is 43.5 Å². The number of sulfonamides is 2. The van der Waals surface area contributed by atoms with E-state index in [1.807, 2.05) is 0 Å². The summed E-state index contributed by atoms with van der Waals surface area (Å²) in [5.74, 6) is 0. The zero-order chi connectivity index (χ0) is 37.7. The molecule has 2 aromatic carbocycles. The van der Waals surface area contributed by atoms with E-state index in [4.69, 9.17) is 5.14 Å². The fourth-order valence-corrected chi connectivity index (χ4v) is 12.1. The SMILES string of the molecule is NS(=O)(=O)C1(CN2CCC2)CC1.O=C(Nc1c2c(cc3c1CCC3)CCC2)NS(=O)(=O)C1(CN2CCC2)CC1.O=C=Nc1c2c(cc3c1CCC3)CCC2. The lowest BCUT2D eigenvalue weighted by molar-refractivity contribution is 0.177. The molecule has 0 spiro atoms. The van der Waals surface area contributed by atoms with Crippen molar-refractivity contribution in [2.75, 3.05) is 44.6 Å². The number of nitrogens with one attached hydrogen (secondary N) is 2. The van der Waals surface area contributed by atoms with Crippen molar-refractivity contribution in [3.8, 4) is 0 Å². The minimum Gasteiger partial charge on any atom is -0.307 e. The van der Waals surface area contributed by atoms with Crippen molar-refractivity contribution in [3.05, 3.63) is 56.6 Å². The second-order valence-corrected chi connectivity index (χ2v) is 20.9. The van der Waals surface area contributed by atoms with Crippen LogP contribution in [0.3, 0.4) is 0 Å². The molecule has 2 aliphatic heterocycles. The lowest BCUT2D eigenvalue weighted by atomic mass is 9.99. The first-order valence-electron chi connectivity index (χ1n) is 20.1. The van der Waals surface area contributed by atoms with Crippen LogP contribution in [0.1, 0.15) is 109 Å². The summed E-state index contributed by atoms with van der Waals surface area (Å²) in [5, 5.41) is 8.09.